The number of carbonyl (C=O) groups is 1. The van der Waals surface area contributed by atoms with Crippen molar-refractivity contribution in [2.75, 3.05) is 0 Å². The molecule has 3 aromatic rings. The molecule has 0 amide bonds. The first-order valence-corrected chi connectivity index (χ1v) is 9.19. The number of rotatable bonds is 5. The van der Waals surface area contributed by atoms with E-state index in [1.54, 1.807) is 0 Å². The van der Waals surface area contributed by atoms with Crippen LogP contribution in [0.5, 0.6) is 0 Å². The first-order chi connectivity index (χ1) is 13.2. The van der Waals surface area contributed by atoms with Crippen LogP contribution in [0, 0.1) is 6.92 Å². The van der Waals surface area contributed by atoms with Crippen LogP contribution >= 0.6 is 0 Å². The van der Waals surface area contributed by atoms with Gasteiger partial charge in [0.05, 0.1) is 12.3 Å². The van der Waals surface area contributed by atoms with Crippen molar-refractivity contribution in [3.05, 3.63) is 76.5 Å². The van der Waals surface area contributed by atoms with Crippen LogP contribution in [0.3, 0.4) is 0 Å². The third-order valence-electron chi connectivity index (χ3n) is 5.00. The van der Waals surface area contributed by atoms with Crippen molar-refractivity contribution in [3.63, 3.8) is 0 Å². The molecule has 0 bridgehead atoms. The number of fused-ring (bicyclic) bond motifs is 1. The van der Waals surface area contributed by atoms with Gasteiger partial charge in [0, 0.05) is 12.1 Å². The second kappa shape index (κ2) is 7.37. The van der Waals surface area contributed by atoms with Crippen LogP contribution < -0.4 is 0 Å². The second-order valence-electron chi connectivity index (χ2n) is 6.87. The van der Waals surface area contributed by atoms with E-state index in [9.17, 15) is 9.90 Å². The summed E-state index contributed by atoms with van der Waals surface area (Å²) in [6.45, 7) is 2.99. The number of nitrogens with zero attached hydrogens (tertiary/aromatic N) is 2. The minimum Gasteiger partial charge on any atom is -0.457 e. The Labute approximate surface area is 158 Å². The molecule has 2 aromatic carbocycles. The molecule has 27 heavy (non-hydrogen) atoms. The summed E-state index contributed by atoms with van der Waals surface area (Å²) < 4.78 is 7.53. The Morgan fingerprint density at radius 1 is 1.19 bits per heavy atom. The van der Waals surface area contributed by atoms with Crippen LogP contribution in [-0.2, 0) is 30.9 Å². The van der Waals surface area contributed by atoms with Gasteiger partial charge >= 0.3 is 5.97 Å². The van der Waals surface area contributed by atoms with Crippen LogP contribution in [0.25, 0.3) is 11.3 Å². The second-order valence-corrected chi connectivity index (χ2v) is 6.87. The molecule has 0 fully saturated rings. The fraction of sp³-hybridized carbons (Fsp3) is 0.273. The Bertz CT molecular complexity index is 977. The van der Waals surface area contributed by atoms with Gasteiger partial charge < -0.3 is 9.84 Å². The summed E-state index contributed by atoms with van der Waals surface area (Å²) in [4.78, 5) is 13.0. The molecule has 0 aliphatic carbocycles. The van der Waals surface area contributed by atoms with E-state index < -0.39 is 0 Å². The topological polar surface area (TPSA) is 64.4 Å². The fourth-order valence-electron chi connectivity index (χ4n) is 3.55. The van der Waals surface area contributed by atoms with Crippen molar-refractivity contribution >= 4 is 5.97 Å². The lowest BCUT2D eigenvalue weighted by Crippen LogP contribution is -2.09. The minimum atomic E-state index is -0.342. The molecule has 0 saturated heterocycles. The molecule has 1 N–H and O–H groups in total. The van der Waals surface area contributed by atoms with Gasteiger partial charge in [-0.15, -0.1) is 0 Å². The van der Waals surface area contributed by atoms with Gasteiger partial charge in [0.25, 0.3) is 0 Å². The number of esters is 1. The van der Waals surface area contributed by atoms with Crippen molar-refractivity contribution in [2.45, 2.75) is 39.5 Å². The molecule has 0 spiro atoms. The Morgan fingerprint density at radius 3 is 2.78 bits per heavy atom. The summed E-state index contributed by atoms with van der Waals surface area (Å²) in [5.74, 6) is -0.342. The van der Waals surface area contributed by atoms with E-state index in [1.807, 2.05) is 60.1 Å². The zero-order chi connectivity index (χ0) is 18.8. The number of benzene rings is 2. The lowest BCUT2D eigenvalue weighted by molar-refractivity contribution is 0.0472. The third kappa shape index (κ3) is 3.38. The number of hydrogen-bond donors (Lipinski definition) is 1. The number of ether oxygens (including phenoxy) is 1. The van der Waals surface area contributed by atoms with Crippen molar-refractivity contribution in [1.29, 1.82) is 0 Å². The molecule has 5 heteroatoms. The molecule has 0 unspecified atom stereocenters. The van der Waals surface area contributed by atoms with Gasteiger partial charge in [0.15, 0.2) is 0 Å². The fourth-order valence-corrected chi connectivity index (χ4v) is 3.55. The quantitative estimate of drug-likeness (QED) is 0.704. The molecule has 4 rings (SSSR count). The molecule has 5 nitrogen and oxygen atoms in total. The van der Waals surface area contributed by atoms with E-state index in [-0.39, 0.29) is 19.2 Å². The summed E-state index contributed by atoms with van der Waals surface area (Å²) in [6, 6.07) is 15.4. The van der Waals surface area contributed by atoms with Crippen LogP contribution in [0.1, 0.15) is 39.2 Å². The van der Waals surface area contributed by atoms with Gasteiger partial charge in [0.2, 0.25) is 0 Å². The van der Waals surface area contributed by atoms with E-state index in [0.717, 1.165) is 47.3 Å². The van der Waals surface area contributed by atoms with Crippen molar-refractivity contribution in [3.8, 4) is 11.3 Å². The van der Waals surface area contributed by atoms with Crippen LogP contribution in [-0.4, -0.2) is 20.9 Å². The maximum Gasteiger partial charge on any atom is 0.342 e. The number of hydrogen-bond acceptors (Lipinski definition) is 4. The van der Waals surface area contributed by atoms with Gasteiger partial charge in [-0.1, -0.05) is 42.5 Å². The van der Waals surface area contributed by atoms with Gasteiger partial charge in [-0.2, -0.15) is 5.10 Å². The molecule has 2 heterocycles. The minimum absolute atomic E-state index is 0.0470. The highest BCUT2D eigenvalue weighted by Crippen LogP contribution is 2.32. The van der Waals surface area contributed by atoms with Gasteiger partial charge in [-0.3, -0.25) is 4.68 Å². The summed E-state index contributed by atoms with van der Waals surface area (Å²) in [5, 5.41) is 14.2. The number of aliphatic hydroxyl groups excluding tert-OH is 1. The van der Waals surface area contributed by atoms with Crippen molar-refractivity contribution in [2.24, 2.45) is 0 Å². The highest BCUT2D eigenvalue weighted by Gasteiger charge is 2.29. The third-order valence-corrected chi connectivity index (χ3v) is 5.00. The van der Waals surface area contributed by atoms with Gasteiger partial charge in [-0.25, -0.2) is 4.79 Å². The molecule has 138 valence electrons. The molecule has 1 aliphatic rings. The van der Waals surface area contributed by atoms with Crippen LogP contribution in [0.15, 0.2) is 48.5 Å². The predicted octanol–water partition coefficient (Wildman–Crippen LogP) is 3.65. The summed E-state index contributed by atoms with van der Waals surface area (Å²) in [5.41, 5.74) is 5.78. The summed E-state index contributed by atoms with van der Waals surface area (Å²) >= 11 is 0. The van der Waals surface area contributed by atoms with Crippen molar-refractivity contribution in [1.82, 2.24) is 9.78 Å². The molecule has 1 aromatic heterocycles. The summed E-state index contributed by atoms with van der Waals surface area (Å²) in [7, 11) is 0. The number of carbonyl (C=O) groups excluding carboxylic acids is 1. The Kier molecular flexibility index (Phi) is 4.77. The monoisotopic (exact) mass is 362 g/mol. The van der Waals surface area contributed by atoms with E-state index in [4.69, 9.17) is 9.84 Å². The number of aromatic nitrogens is 2. The Balaban J connectivity index is 1.71. The first-order valence-electron chi connectivity index (χ1n) is 9.19. The molecular formula is C22H22N2O3. The molecule has 0 saturated carbocycles. The Morgan fingerprint density at radius 2 is 2.00 bits per heavy atom. The van der Waals surface area contributed by atoms with Crippen LogP contribution in [0.4, 0.5) is 0 Å². The average Bonchev–Trinajstić information content (AvgIpc) is 3.28. The predicted molar refractivity (Wildman–Crippen MR) is 102 cm³/mol. The first kappa shape index (κ1) is 17.5. The average molecular weight is 362 g/mol. The lowest BCUT2D eigenvalue weighted by Gasteiger charge is -2.10. The highest BCUT2D eigenvalue weighted by molar-refractivity contribution is 5.98. The Hall–Kier alpha value is -2.92. The standard InChI is InChI=1S/C22H22N2O3/c1-15-9-10-17(13-25)12-18(15)21-20(19-8-5-11-24(19)23-21)22(26)27-14-16-6-3-2-4-7-16/h2-4,6-7,9-10,12,25H,5,8,11,13-14H2,1H3. The van der Waals surface area contributed by atoms with Gasteiger partial charge in [0.1, 0.15) is 17.9 Å². The number of aliphatic hydroxyl groups is 1. The summed E-state index contributed by atoms with van der Waals surface area (Å²) in [6.07, 6.45) is 1.80. The molecule has 0 atom stereocenters. The van der Waals surface area contributed by atoms with Gasteiger partial charge in [-0.05, 0) is 42.5 Å². The normalized spacial score (nSPS) is 12.8. The zero-order valence-electron chi connectivity index (χ0n) is 15.3. The molecule has 0 radical (unpaired) electrons. The maximum atomic E-state index is 13.0. The largest absolute Gasteiger partial charge is 0.457 e. The SMILES string of the molecule is Cc1ccc(CO)cc1-c1nn2c(c1C(=O)OCc1ccccc1)CCC2. The smallest absolute Gasteiger partial charge is 0.342 e. The van der Waals surface area contributed by atoms with Crippen LogP contribution in [0.2, 0.25) is 0 Å². The van der Waals surface area contributed by atoms with E-state index >= 15 is 0 Å². The molecule has 1 aliphatic heterocycles. The van der Waals surface area contributed by atoms with E-state index in [0.29, 0.717) is 11.3 Å². The number of aryl methyl sites for hydroxylation is 2. The van der Waals surface area contributed by atoms with Crippen molar-refractivity contribution < 1.29 is 14.6 Å². The van der Waals surface area contributed by atoms with E-state index in [2.05, 4.69) is 0 Å². The molecular weight excluding hydrogens is 340 g/mol. The lowest BCUT2D eigenvalue weighted by atomic mass is 9.98. The van der Waals surface area contributed by atoms with E-state index in [1.165, 1.54) is 0 Å². The highest BCUT2D eigenvalue weighted by atomic mass is 16.5. The zero-order valence-corrected chi connectivity index (χ0v) is 15.3. The maximum absolute atomic E-state index is 13.0.